The van der Waals surface area contributed by atoms with Gasteiger partial charge in [0, 0.05) is 24.7 Å². The van der Waals surface area contributed by atoms with Crippen LogP contribution in [0, 0.1) is 11.8 Å². The number of hydrogen-bond donors (Lipinski definition) is 1. The third-order valence-corrected chi connectivity index (χ3v) is 7.95. The second kappa shape index (κ2) is 8.70. The summed E-state index contributed by atoms with van der Waals surface area (Å²) in [6.45, 7) is 12.2. The van der Waals surface area contributed by atoms with Crippen LogP contribution in [0.4, 0.5) is 0 Å². The number of benzene rings is 1. The van der Waals surface area contributed by atoms with Crippen molar-refractivity contribution in [3.05, 3.63) is 58.7 Å². The molecule has 1 heterocycles. The highest BCUT2D eigenvalue weighted by Crippen LogP contribution is 2.49. The van der Waals surface area contributed by atoms with E-state index >= 15 is 0 Å². The van der Waals surface area contributed by atoms with Gasteiger partial charge in [-0.15, -0.1) is 0 Å². The molecule has 4 rings (SSSR count). The smallest absolute Gasteiger partial charge is 0.251 e. The summed E-state index contributed by atoms with van der Waals surface area (Å²) in [6.07, 6.45) is 12.3. The Bertz CT molecular complexity index is 850. The SMILES string of the molecule is C/C=C\C=C(/C)CCNC(=O)c1ccc2c(c1)[C@@]1(C)CCN(CC3CC3)C(C2)[C@@H]1C. The Labute approximate surface area is 182 Å². The summed E-state index contributed by atoms with van der Waals surface area (Å²) in [7, 11) is 0. The molecule has 3 atom stereocenters. The minimum Gasteiger partial charge on any atom is -0.352 e. The molecule has 1 aromatic carbocycles. The van der Waals surface area contributed by atoms with Gasteiger partial charge in [-0.2, -0.15) is 0 Å². The van der Waals surface area contributed by atoms with Gasteiger partial charge in [-0.05, 0) is 93.0 Å². The van der Waals surface area contributed by atoms with E-state index in [0.717, 1.165) is 24.3 Å². The summed E-state index contributed by atoms with van der Waals surface area (Å²) in [5.74, 6) is 1.64. The fourth-order valence-electron chi connectivity index (χ4n) is 5.53. The molecule has 2 aliphatic carbocycles. The lowest BCUT2D eigenvalue weighted by Crippen LogP contribution is -2.58. The van der Waals surface area contributed by atoms with E-state index in [1.807, 2.05) is 25.1 Å². The monoisotopic (exact) mass is 406 g/mol. The van der Waals surface area contributed by atoms with E-state index in [1.54, 1.807) is 0 Å². The van der Waals surface area contributed by atoms with Gasteiger partial charge in [0.1, 0.15) is 0 Å². The molecule has 1 saturated carbocycles. The Kier molecular flexibility index (Phi) is 6.20. The molecule has 1 unspecified atom stereocenters. The number of nitrogens with one attached hydrogen (secondary N) is 1. The number of likely N-dealkylation sites (tertiary alicyclic amines) is 1. The maximum atomic E-state index is 12.8. The highest BCUT2D eigenvalue weighted by molar-refractivity contribution is 5.94. The van der Waals surface area contributed by atoms with Gasteiger partial charge in [0.15, 0.2) is 0 Å². The molecule has 3 heteroatoms. The van der Waals surface area contributed by atoms with Gasteiger partial charge in [-0.3, -0.25) is 9.69 Å². The Morgan fingerprint density at radius 2 is 2.13 bits per heavy atom. The molecule has 0 aromatic heterocycles. The normalized spacial score (nSPS) is 29.1. The number of amides is 1. The fourth-order valence-corrected chi connectivity index (χ4v) is 5.53. The first-order valence-corrected chi connectivity index (χ1v) is 11.9. The summed E-state index contributed by atoms with van der Waals surface area (Å²) < 4.78 is 0. The van der Waals surface area contributed by atoms with Gasteiger partial charge in [0.05, 0.1) is 0 Å². The van der Waals surface area contributed by atoms with Crippen molar-refractivity contribution < 1.29 is 4.79 Å². The highest BCUT2D eigenvalue weighted by atomic mass is 16.1. The second-order valence-electron chi connectivity index (χ2n) is 10.1. The number of carbonyl (C=O) groups excluding carboxylic acids is 1. The lowest BCUT2D eigenvalue weighted by molar-refractivity contribution is 0.0284. The van der Waals surface area contributed by atoms with Gasteiger partial charge < -0.3 is 5.32 Å². The van der Waals surface area contributed by atoms with Crippen LogP contribution in [0.15, 0.2) is 42.0 Å². The van der Waals surface area contributed by atoms with Gasteiger partial charge in [-0.1, -0.05) is 43.7 Å². The van der Waals surface area contributed by atoms with Crippen LogP contribution in [-0.2, 0) is 11.8 Å². The Hall–Kier alpha value is -1.87. The standard InChI is InChI=1S/C27H38N2O/c1-5-6-7-19(2)12-14-28-26(30)23-11-10-22-17-25-20(3)27(4,24(22)16-23)13-15-29(25)18-21-8-9-21/h5-7,10-11,16,20-21,25H,8-9,12-15,17-18H2,1-4H3,(H,28,30)/b6-5-,19-7+/t20-,25?,27-/m0/s1. The maximum absolute atomic E-state index is 12.8. The van der Waals surface area contributed by atoms with Gasteiger partial charge >= 0.3 is 0 Å². The molecule has 1 aromatic rings. The zero-order valence-electron chi connectivity index (χ0n) is 19.2. The largest absolute Gasteiger partial charge is 0.352 e. The maximum Gasteiger partial charge on any atom is 0.251 e. The molecule has 3 nitrogen and oxygen atoms in total. The van der Waals surface area contributed by atoms with Crippen LogP contribution < -0.4 is 5.32 Å². The molecule has 162 valence electrons. The fraction of sp³-hybridized carbons (Fsp3) is 0.593. The number of fused-ring (bicyclic) bond motifs is 4. The summed E-state index contributed by atoms with van der Waals surface area (Å²) >= 11 is 0. The van der Waals surface area contributed by atoms with E-state index in [0.29, 0.717) is 18.5 Å². The average Bonchev–Trinajstić information content (AvgIpc) is 3.55. The third-order valence-electron chi connectivity index (χ3n) is 7.95. The van der Waals surface area contributed by atoms with Crippen molar-refractivity contribution in [2.24, 2.45) is 11.8 Å². The number of hydrogen-bond acceptors (Lipinski definition) is 2. The van der Waals surface area contributed by atoms with Gasteiger partial charge in [0.25, 0.3) is 5.91 Å². The molecular weight excluding hydrogens is 368 g/mol. The van der Waals surface area contributed by atoms with Crippen molar-refractivity contribution in [1.29, 1.82) is 0 Å². The Balaban J connectivity index is 1.46. The average molecular weight is 407 g/mol. The van der Waals surface area contributed by atoms with Crippen molar-refractivity contribution in [2.75, 3.05) is 19.6 Å². The van der Waals surface area contributed by atoms with Crippen molar-refractivity contribution in [3.8, 4) is 0 Å². The number of rotatable bonds is 7. The summed E-state index contributed by atoms with van der Waals surface area (Å²) in [4.78, 5) is 15.6. The molecule has 1 saturated heterocycles. The van der Waals surface area contributed by atoms with Crippen LogP contribution in [0.2, 0.25) is 0 Å². The van der Waals surface area contributed by atoms with Gasteiger partial charge in [0.2, 0.25) is 0 Å². The van der Waals surface area contributed by atoms with Crippen molar-refractivity contribution in [1.82, 2.24) is 10.2 Å². The number of piperidine rings is 1. The van der Waals surface area contributed by atoms with E-state index in [-0.39, 0.29) is 11.3 Å². The van der Waals surface area contributed by atoms with Crippen LogP contribution in [-0.4, -0.2) is 36.5 Å². The Morgan fingerprint density at radius 1 is 1.33 bits per heavy atom. The number of nitrogens with zero attached hydrogens (tertiary/aromatic N) is 1. The van der Waals surface area contributed by atoms with Crippen LogP contribution >= 0.6 is 0 Å². The molecular formula is C27H38N2O. The summed E-state index contributed by atoms with van der Waals surface area (Å²) in [5, 5.41) is 3.12. The number of allylic oxidation sites excluding steroid dienone is 3. The van der Waals surface area contributed by atoms with Crippen molar-refractivity contribution >= 4 is 5.91 Å². The van der Waals surface area contributed by atoms with Crippen molar-refractivity contribution in [3.63, 3.8) is 0 Å². The van der Waals surface area contributed by atoms with E-state index in [1.165, 1.54) is 49.1 Å². The molecule has 2 fully saturated rings. The van der Waals surface area contributed by atoms with Crippen molar-refractivity contribution in [2.45, 2.75) is 71.3 Å². The molecule has 0 radical (unpaired) electrons. The van der Waals surface area contributed by atoms with E-state index < -0.39 is 0 Å². The molecule has 1 aliphatic heterocycles. The van der Waals surface area contributed by atoms with Crippen LogP contribution in [0.25, 0.3) is 0 Å². The molecule has 30 heavy (non-hydrogen) atoms. The van der Waals surface area contributed by atoms with Crippen LogP contribution in [0.3, 0.4) is 0 Å². The second-order valence-corrected chi connectivity index (χ2v) is 10.1. The Morgan fingerprint density at radius 3 is 2.87 bits per heavy atom. The van der Waals surface area contributed by atoms with E-state index in [4.69, 9.17) is 0 Å². The number of carbonyl (C=O) groups is 1. The topological polar surface area (TPSA) is 32.3 Å². The molecule has 0 spiro atoms. The zero-order chi connectivity index (χ0) is 21.3. The van der Waals surface area contributed by atoms with Gasteiger partial charge in [-0.25, -0.2) is 0 Å². The van der Waals surface area contributed by atoms with Crippen LogP contribution in [0.5, 0.6) is 0 Å². The minimum absolute atomic E-state index is 0.0566. The quantitative estimate of drug-likeness (QED) is 0.626. The molecule has 1 N–H and O–H groups in total. The lowest BCUT2D eigenvalue weighted by atomic mass is 9.59. The zero-order valence-corrected chi connectivity index (χ0v) is 19.2. The minimum atomic E-state index is 0.0566. The highest BCUT2D eigenvalue weighted by Gasteiger charge is 2.49. The predicted octanol–water partition coefficient (Wildman–Crippen LogP) is 5.26. The first kappa shape index (κ1) is 21.4. The third kappa shape index (κ3) is 4.27. The first-order chi connectivity index (χ1) is 14.4. The first-order valence-electron chi connectivity index (χ1n) is 11.9. The summed E-state index contributed by atoms with van der Waals surface area (Å²) in [5.41, 5.74) is 5.16. The molecule has 1 amide bonds. The molecule has 3 aliphatic rings. The van der Waals surface area contributed by atoms with E-state index in [9.17, 15) is 4.79 Å². The lowest BCUT2D eigenvalue weighted by Gasteiger charge is -2.55. The predicted molar refractivity (Wildman–Crippen MR) is 125 cm³/mol. The van der Waals surface area contributed by atoms with Crippen LogP contribution in [0.1, 0.15) is 74.9 Å². The molecule has 2 bridgehead atoms. The summed E-state index contributed by atoms with van der Waals surface area (Å²) in [6, 6.07) is 7.13. The van der Waals surface area contributed by atoms with E-state index in [2.05, 4.69) is 49.2 Å².